The van der Waals surface area contributed by atoms with Crippen LogP contribution in [0.25, 0.3) is 22.6 Å². The number of amides is 1. The number of fused-ring (bicyclic) bond motifs is 1. The van der Waals surface area contributed by atoms with Crippen molar-refractivity contribution in [3.05, 3.63) is 68.6 Å². The summed E-state index contributed by atoms with van der Waals surface area (Å²) in [5, 5.41) is 5.93. The summed E-state index contributed by atoms with van der Waals surface area (Å²) < 4.78 is 17.9. The van der Waals surface area contributed by atoms with Gasteiger partial charge < -0.3 is 19.2 Å². The van der Waals surface area contributed by atoms with Crippen molar-refractivity contribution in [3.8, 4) is 23.0 Å². The summed E-state index contributed by atoms with van der Waals surface area (Å²) in [4.78, 5) is 17.4. The van der Waals surface area contributed by atoms with Crippen LogP contribution < -0.4 is 20.1 Å². The molecule has 3 aromatic carbocycles. The smallest absolute Gasteiger partial charge is 0.261 e. The number of aromatic nitrogens is 1. The zero-order valence-corrected chi connectivity index (χ0v) is 22.4. The normalized spacial score (nSPS) is 10.7. The molecule has 0 bridgehead atoms. The third-order valence-corrected chi connectivity index (χ3v) is 6.26. The topological polar surface area (TPSA) is 85.6 Å². The van der Waals surface area contributed by atoms with E-state index in [1.165, 1.54) is 7.11 Å². The van der Waals surface area contributed by atoms with Crippen LogP contribution in [0, 0.1) is 6.92 Å². The summed E-state index contributed by atoms with van der Waals surface area (Å²) in [6.07, 6.45) is 0. The maximum Gasteiger partial charge on any atom is 0.261 e. The minimum atomic E-state index is -0.405. The molecule has 1 heterocycles. The summed E-state index contributed by atoms with van der Waals surface area (Å²) in [6.45, 7) is 1.93. The number of nitrogens with one attached hydrogen (secondary N) is 2. The third-order valence-electron chi connectivity index (χ3n) is 5.01. The fourth-order valence-electron chi connectivity index (χ4n) is 3.31. The SMILES string of the molecule is COc1ccc2oc(-c3ccc(C)c(NC(=S)NC(=O)c4cc(Br)cc(Br)c4OC)c3)nc2c1. The van der Waals surface area contributed by atoms with Crippen LogP contribution in [0.2, 0.25) is 0 Å². The largest absolute Gasteiger partial charge is 0.497 e. The number of hydrogen-bond donors (Lipinski definition) is 2. The summed E-state index contributed by atoms with van der Waals surface area (Å²) in [7, 11) is 3.10. The van der Waals surface area contributed by atoms with E-state index in [2.05, 4.69) is 47.5 Å². The molecule has 10 heteroatoms. The highest BCUT2D eigenvalue weighted by molar-refractivity contribution is 9.11. The summed E-state index contributed by atoms with van der Waals surface area (Å²) in [5.41, 5.74) is 4.09. The van der Waals surface area contributed by atoms with E-state index >= 15 is 0 Å². The Bertz CT molecular complexity index is 1420. The van der Waals surface area contributed by atoms with Gasteiger partial charge in [-0.1, -0.05) is 22.0 Å². The molecule has 34 heavy (non-hydrogen) atoms. The number of ether oxygens (including phenoxy) is 2. The first kappa shape index (κ1) is 24.2. The Hall–Kier alpha value is -2.95. The number of anilines is 1. The predicted octanol–water partition coefficient (Wildman–Crippen LogP) is 6.47. The molecule has 7 nitrogen and oxygen atoms in total. The van der Waals surface area contributed by atoms with Crippen LogP contribution in [-0.4, -0.2) is 30.2 Å². The molecular weight excluding hydrogens is 586 g/mol. The van der Waals surface area contributed by atoms with E-state index in [0.717, 1.165) is 15.6 Å². The number of methoxy groups -OCH3 is 2. The Labute approximate surface area is 218 Å². The molecule has 0 aliphatic rings. The monoisotopic (exact) mass is 603 g/mol. The van der Waals surface area contributed by atoms with Gasteiger partial charge in [0.15, 0.2) is 10.7 Å². The van der Waals surface area contributed by atoms with Gasteiger partial charge in [-0.3, -0.25) is 10.1 Å². The number of benzene rings is 3. The molecule has 0 fully saturated rings. The molecule has 4 rings (SSSR count). The highest BCUT2D eigenvalue weighted by Gasteiger charge is 2.18. The van der Waals surface area contributed by atoms with Gasteiger partial charge in [-0.25, -0.2) is 4.98 Å². The van der Waals surface area contributed by atoms with Crippen molar-refractivity contribution in [2.24, 2.45) is 0 Å². The van der Waals surface area contributed by atoms with Gasteiger partial charge in [-0.05, 0) is 77.0 Å². The maximum absolute atomic E-state index is 12.9. The zero-order valence-electron chi connectivity index (χ0n) is 18.4. The van der Waals surface area contributed by atoms with Crippen molar-refractivity contribution in [2.45, 2.75) is 6.92 Å². The zero-order chi connectivity index (χ0) is 24.4. The molecule has 174 valence electrons. The molecule has 0 atom stereocenters. The van der Waals surface area contributed by atoms with Gasteiger partial charge in [-0.2, -0.15) is 0 Å². The van der Waals surface area contributed by atoms with E-state index in [9.17, 15) is 4.79 Å². The molecule has 2 N–H and O–H groups in total. The number of nitrogens with zero attached hydrogens (tertiary/aromatic N) is 1. The van der Waals surface area contributed by atoms with E-state index < -0.39 is 5.91 Å². The summed E-state index contributed by atoms with van der Waals surface area (Å²) in [6, 6.07) is 14.6. The standard InChI is InChI=1S/C24H19Br2N3O4S/c1-12-4-5-13(23-27-19-11-15(31-2)6-7-20(19)33-23)8-18(12)28-24(34)29-22(30)16-9-14(25)10-17(26)21(16)32-3/h4-11H,1-3H3,(H2,28,29,30,34). The Morgan fingerprint density at radius 2 is 1.85 bits per heavy atom. The number of aryl methyl sites for hydroxylation is 1. The second kappa shape index (κ2) is 10.1. The lowest BCUT2D eigenvalue weighted by Gasteiger charge is -2.14. The first-order valence-corrected chi connectivity index (χ1v) is 12.0. The molecule has 0 radical (unpaired) electrons. The third kappa shape index (κ3) is 5.08. The maximum atomic E-state index is 12.9. The predicted molar refractivity (Wildman–Crippen MR) is 143 cm³/mol. The molecule has 0 saturated heterocycles. The van der Waals surface area contributed by atoms with E-state index in [-0.39, 0.29) is 5.11 Å². The molecule has 0 aliphatic heterocycles. The van der Waals surface area contributed by atoms with Gasteiger partial charge in [0.05, 0.1) is 24.3 Å². The van der Waals surface area contributed by atoms with Gasteiger partial charge in [0.25, 0.3) is 5.91 Å². The van der Waals surface area contributed by atoms with Crippen LogP contribution in [-0.2, 0) is 0 Å². The van der Waals surface area contributed by atoms with E-state index in [4.69, 9.17) is 26.1 Å². The molecule has 4 aromatic rings. The lowest BCUT2D eigenvalue weighted by atomic mass is 10.1. The van der Waals surface area contributed by atoms with Crippen molar-refractivity contribution in [2.75, 3.05) is 19.5 Å². The fraction of sp³-hybridized carbons (Fsp3) is 0.125. The lowest BCUT2D eigenvalue weighted by molar-refractivity contribution is 0.0974. The van der Waals surface area contributed by atoms with Gasteiger partial charge >= 0.3 is 0 Å². The van der Waals surface area contributed by atoms with Crippen LogP contribution in [0.1, 0.15) is 15.9 Å². The average molecular weight is 605 g/mol. The minimum absolute atomic E-state index is 0.144. The van der Waals surface area contributed by atoms with E-state index in [0.29, 0.717) is 44.2 Å². The van der Waals surface area contributed by atoms with Crippen molar-refractivity contribution in [1.29, 1.82) is 0 Å². The lowest BCUT2D eigenvalue weighted by Crippen LogP contribution is -2.34. The quantitative estimate of drug-likeness (QED) is 0.252. The first-order chi connectivity index (χ1) is 16.3. The first-order valence-electron chi connectivity index (χ1n) is 10.00. The van der Waals surface area contributed by atoms with Gasteiger partial charge in [0.1, 0.15) is 17.0 Å². The second-order valence-corrected chi connectivity index (χ2v) is 9.44. The van der Waals surface area contributed by atoms with Crippen LogP contribution in [0.5, 0.6) is 11.5 Å². The summed E-state index contributed by atoms with van der Waals surface area (Å²) >= 11 is 12.2. The van der Waals surface area contributed by atoms with Gasteiger partial charge in [0, 0.05) is 21.8 Å². The van der Waals surface area contributed by atoms with Crippen LogP contribution in [0.4, 0.5) is 5.69 Å². The molecule has 1 aromatic heterocycles. The molecule has 0 spiro atoms. The Kier molecular flexibility index (Phi) is 7.20. The highest BCUT2D eigenvalue weighted by atomic mass is 79.9. The van der Waals surface area contributed by atoms with Gasteiger partial charge in [0.2, 0.25) is 5.89 Å². The molecule has 0 saturated carbocycles. The van der Waals surface area contributed by atoms with Crippen molar-refractivity contribution < 1.29 is 18.7 Å². The molecule has 0 aliphatic carbocycles. The second-order valence-electron chi connectivity index (χ2n) is 7.26. The molecule has 0 unspecified atom stereocenters. The molecule has 1 amide bonds. The van der Waals surface area contributed by atoms with E-state index in [1.807, 2.05) is 43.3 Å². The Morgan fingerprint density at radius 1 is 1.06 bits per heavy atom. The Morgan fingerprint density at radius 3 is 2.59 bits per heavy atom. The van der Waals surface area contributed by atoms with E-state index in [1.54, 1.807) is 19.2 Å². The average Bonchev–Trinajstić information content (AvgIpc) is 3.23. The number of carbonyl (C=O) groups excluding carboxylic acids is 1. The highest BCUT2D eigenvalue weighted by Crippen LogP contribution is 2.33. The van der Waals surface area contributed by atoms with Crippen LogP contribution in [0.3, 0.4) is 0 Å². The van der Waals surface area contributed by atoms with Crippen LogP contribution >= 0.6 is 44.1 Å². The fourth-order valence-corrected chi connectivity index (χ4v) is 4.90. The van der Waals surface area contributed by atoms with Gasteiger partial charge in [-0.15, -0.1) is 0 Å². The number of rotatable bonds is 5. The van der Waals surface area contributed by atoms with Crippen molar-refractivity contribution in [1.82, 2.24) is 10.3 Å². The van der Waals surface area contributed by atoms with Crippen LogP contribution in [0.15, 0.2) is 61.9 Å². The van der Waals surface area contributed by atoms with Crippen molar-refractivity contribution in [3.63, 3.8) is 0 Å². The Balaban J connectivity index is 1.55. The number of oxazole rings is 1. The van der Waals surface area contributed by atoms with Crippen molar-refractivity contribution >= 4 is 71.9 Å². The molecular formula is C24H19Br2N3O4S. The minimum Gasteiger partial charge on any atom is -0.497 e. The number of halogens is 2. The number of hydrogen-bond acceptors (Lipinski definition) is 6. The summed E-state index contributed by atoms with van der Waals surface area (Å²) in [5.74, 6) is 1.17. The number of thiocarbonyl (C=S) groups is 1. The number of carbonyl (C=O) groups is 1.